The number of nitrogens with zero attached hydrogens (tertiary/aromatic N) is 1. The van der Waals surface area contributed by atoms with E-state index in [1.54, 1.807) is 6.92 Å². The second kappa shape index (κ2) is 7.37. The summed E-state index contributed by atoms with van der Waals surface area (Å²) < 4.78 is 1.30. The van der Waals surface area contributed by atoms with Crippen LogP contribution in [0.25, 0.3) is 0 Å². The molecule has 1 aromatic heterocycles. The van der Waals surface area contributed by atoms with E-state index in [2.05, 4.69) is 15.6 Å². The van der Waals surface area contributed by atoms with Crippen molar-refractivity contribution in [3.8, 4) is 0 Å². The van der Waals surface area contributed by atoms with Crippen molar-refractivity contribution in [1.82, 2.24) is 14.9 Å². The third-order valence-electron chi connectivity index (χ3n) is 2.77. The molecule has 0 saturated heterocycles. The normalized spacial score (nSPS) is 10.3. The number of carbonyl (C=O) groups excluding carboxylic acids is 1. The Balaban J connectivity index is 2.98. The Bertz CT molecular complexity index is 575. The number of nitrogen functional groups attached to an aromatic ring is 1. The predicted molar refractivity (Wildman–Crippen MR) is 77.8 cm³/mol. The minimum absolute atomic E-state index is 0.0481. The van der Waals surface area contributed by atoms with E-state index >= 15 is 0 Å². The van der Waals surface area contributed by atoms with Crippen LogP contribution >= 0.6 is 0 Å². The monoisotopic (exact) mass is 283 g/mol. The highest BCUT2D eigenvalue weighted by Crippen LogP contribution is 2.10. The van der Waals surface area contributed by atoms with E-state index in [1.807, 2.05) is 6.92 Å². The van der Waals surface area contributed by atoms with Crippen LogP contribution in [0.4, 0.5) is 11.5 Å². The third kappa shape index (κ3) is 3.87. The Labute approximate surface area is 116 Å². The molecule has 0 unspecified atom stereocenters. The van der Waals surface area contributed by atoms with Gasteiger partial charge < -0.3 is 16.4 Å². The van der Waals surface area contributed by atoms with Crippen molar-refractivity contribution in [2.75, 3.05) is 24.1 Å². The summed E-state index contributed by atoms with van der Waals surface area (Å²) in [7, 11) is 0. The van der Waals surface area contributed by atoms with Gasteiger partial charge >= 0.3 is 5.69 Å². The molecule has 8 heteroatoms. The van der Waals surface area contributed by atoms with Crippen LogP contribution in [0.5, 0.6) is 0 Å². The number of anilines is 2. The van der Waals surface area contributed by atoms with E-state index < -0.39 is 11.2 Å². The van der Waals surface area contributed by atoms with Crippen LogP contribution in [0.2, 0.25) is 0 Å². The van der Waals surface area contributed by atoms with Crippen molar-refractivity contribution in [2.24, 2.45) is 0 Å². The van der Waals surface area contributed by atoms with Crippen molar-refractivity contribution < 1.29 is 4.79 Å². The fraction of sp³-hybridized carbons (Fsp3) is 0.583. The lowest BCUT2D eigenvalue weighted by atomic mass is 10.3. The van der Waals surface area contributed by atoms with Crippen molar-refractivity contribution >= 4 is 17.4 Å². The summed E-state index contributed by atoms with van der Waals surface area (Å²) in [6.07, 6.45) is 1.67. The number of H-pyrrole nitrogens is 1. The number of likely N-dealkylation sites (N-methyl/N-ethyl adjacent to an activating group) is 1. The number of rotatable bonds is 7. The summed E-state index contributed by atoms with van der Waals surface area (Å²) in [6.45, 7) is 4.63. The molecule has 0 atom stereocenters. The highest BCUT2D eigenvalue weighted by molar-refractivity contribution is 5.81. The summed E-state index contributed by atoms with van der Waals surface area (Å²) in [5.41, 5.74) is 4.72. The number of nitrogens with one attached hydrogen (secondary N) is 3. The summed E-state index contributed by atoms with van der Waals surface area (Å²) >= 11 is 0. The van der Waals surface area contributed by atoms with Gasteiger partial charge in [0.1, 0.15) is 11.5 Å². The number of hydrogen-bond donors (Lipinski definition) is 4. The minimum atomic E-state index is -0.621. The van der Waals surface area contributed by atoms with Gasteiger partial charge in [-0.05, 0) is 13.3 Å². The van der Waals surface area contributed by atoms with Gasteiger partial charge in [0, 0.05) is 13.1 Å². The van der Waals surface area contributed by atoms with Crippen molar-refractivity contribution in [1.29, 1.82) is 0 Å². The number of unbranched alkanes of at least 4 members (excludes halogenated alkanes) is 1. The SMILES string of the molecule is CCCCn1c(N)c(NCC(=O)NCC)c(=O)[nH]c1=O. The third-order valence-corrected chi connectivity index (χ3v) is 2.77. The van der Waals surface area contributed by atoms with Crippen molar-refractivity contribution in [2.45, 2.75) is 33.2 Å². The molecule has 0 aliphatic heterocycles. The van der Waals surface area contributed by atoms with Gasteiger partial charge in [0.15, 0.2) is 0 Å². The van der Waals surface area contributed by atoms with E-state index in [-0.39, 0.29) is 24.0 Å². The van der Waals surface area contributed by atoms with Crippen molar-refractivity contribution in [3.63, 3.8) is 0 Å². The summed E-state index contributed by atoms with van der Waals surface area (Å²) in [5, 5.41) is 5.26. The number of aromatic amines is 1. The van der Waals surface area contributed by atoms with Gasteiger partial charge in [-0.3, -0.25) is 19.1 Å². The zero-order chi connectivity index (χ0) is 15.1. The molecule has 0 aromatic carbocycles. The van der Waals surface area contributed by atoms with Gasteiger partial charge in [0.05, 0.1) is 6.54 Å². The first-order valence-electron chi connectivity index (χ1n) is 6.64. The molecule has 8 nitrogen and oxygen atoms in total. The van der Waals surface area contributed by atoms with Crippen LogP contribution in [0, 0.1) is 0 Å². The molecule has 1 rings (SSSR count). The number of nitrogens with two attached hydrogens (primary N) is 1. The van der Waals surface area contributed by atoms with E-state index in [1.165, 1.54) is 4.57 Å². The van der Waals surface area contributed by atoms with Crippen LogP contribution in [-0.4, -0.2) is 28.5 Å². The molecular formula is C12H21N5O3. The molecule has 0 fully saturated rings. The smallest absolute Gasteiger partial charge is 0.330 e. The lowest BCUT2D eigenvalue weighted by Crippen LogP contribution is -2.36. The van der Waals surface area contributed by atoms with E-state index in [0.717, 1.165) is 12.8 Å². The first-order chi connectivity index (χ1) is 9.51. The second-order valence-corrected chi connectivity index (χ2v) is 4.33. The summed E-state index contributed by atoms with van der Waals surface area (Å²) in [4.78, 5) is 37.0. The molecule has 1 amide bonds. The lowest BCUT2D eigenvalue weighted by molar-refractivity contribution is -0.119. The molecule has 0 spiro atoms. The molecule has 0 aliphatic rings. The van der Waals surface area contributed by atoms with Gasteiger partial charge in [0.2, 0.25) is 5.91 Å². The summed E-state index contributed by atoms with van der Waals surface area (Å²) in [6, 6.07) is 0. The molecule has 1 heterocycles. The van der Waals surface area contributed by atoms with E-state index in [0.29, 0.717) is 13.1 Å². The average molecular weight is 283 g/mol. The lowest BCUT2D eigenvalue weighted by Gasteiger charge is -2.13. The molecule has 20 heavy (non-hydrogen) atoms. The highest BCUT2D eigenvalue weighted by atomic mass is 16.2. The van der Waals surface area contributed by atoms with Crippen LogP contribution in [0.3, 0.4) is 0 Å². The molecule has 0 saturated carbocycles. The molecule has 112 valence electrons. The quantitative estimate of drug-likeness (QED) is 0.535. The van der Waals surface area contributed by atoms with Gasteiger partial charge in [-0.15, -0.1) is 0 Å². The Hall–Kier alpha value is -2.25. The van der Waals surface area contributed by atoms with Gasteiger partial charge in [-0.1, -0.05) is 13.3 Å². The van der Waals surface area contributed by atoms with Crippen LogP contribution in [0.15, 0.2) is 9.59 Å². The number of carbonyl (C=O) groups is 1. The molecular weight excluding hydrogens is 262 g/mol. The number of amides is 1. The van der Waals surface area contributed by atoms with E-state index in [9.17, 15) is 14.4 Å². The minimum Gasteiger partial charge on any atom is -0.383 e. The average Bonchev–Trinajstić information content (AvgIpc) is 2.38. The second-order valence-electron chi connectivity index (χ2n) is 4.33. The number of hydrogen-bond acceptors (Lipinski definition) is 5. The topological polar surface area (TPSA) is 122 Å². The molecule has 0 radical (unpaired) electrons. The summed E-state index contributed by atoms with van der Waals surface area (Å²) in [5.74, 6) is -0.200. The van der Waals surface area contributed by atoms with E-state index in [4.69, 9.17) is 5.73 Å². The maximum Gasteiger partial charge on any atom is 0.330 e. The predicted octanol–water partition coefficient (Wildman–Crippen LogP) is -0.533. The first kappa shape index (κ1) is 15.8. The number of aromatic nitrogens is 2. The maximum absolute atomic E-state index is 11.7. The Morgan fingerprint density at radius 1 is 1.35 bits per heavy atom. The molecule has 0 bridgehead atoms. The van der Waals surface area contributed by atoms with Crippen LogP contribution < -0.4 is 27.6 Å². The zero-order valence-electron chi connectivity index (χ0n) is 11.8. The van der Waals surface area contributed by atoms with Crippen molar-refractivity contribution in [3.05, 3.63) is 20.8 Å². The fourth-order valence-corrected chi connectivity index (χ4v) is 1.73. The maximum atomic E-state index is 11.7. The first-order valence-corrected chi connectivity index (χ1v) is 6.64. The molecule has 0 aliphatic carbocycles. The van der Waals surface area contributed by atoms with Crippen LogP contribution in [0.1, 0.15) is 26.7 Å². The van der Waals surface area contributed by atoms with Gasteiger partial charge in [0.25, 0.3) is 5.56 Å². The van der Waals surface area contributed by atoms with Crippen LogP contribution in [-0.2, 0) is 11.3 Å². The Morgan fingerprint density at radius 3 is 2.65 bits per heavy atom. The zero-order valence-corrected chi connectivity index (χ0v) is 11.8. The van der Waals surface area contributed by atoms with Gasteiger partial charge in [-0.25, -0.2) is 4.79 Å². The Kier molecular flexibility index (Phi) is 5.82. The molecule has 1 aromatic rings. The van der Waals surface area contributed by atoms with Gasteiger partial charge in [-0.2, -0.15) is 0 Å². The molecule has 5 N–H and O–H groups in total. The standard InChI is InChI=1S/C12H21N5O3/c1-3-5-6-17-10(13)9(11(19)16-12(17)20)15-7-8(18)14-4-2/h15H,3-7,13H2,1-2H3,(H,14,18)(H,16,19,20). The largest absolute Gasteiger partial charge is 0.383 e. The highest BCUT2D eigenvalue weighted by Gasteiger charge is 2.12. The Morgan fingerprint density at radius 2 is 2.05 bits per heavy atom. The fourth-order valence-electron chi connectivity index (χ4n) is 1.73.